The number of thioether (sulfide) groups is 2. The molecule has 0 atom stereocenters. The van der Waals surface area contributed by atoms with E-state index in [1.54, 1.807) is 23.5 Å². The second kappa shape index (κ2) is 16.6. The van der Waals surface area contributed by atoms with Gasteiger partial charge in [0.15, 0.2) is 0 Å². The standard InChI is InChI=1S/C19H31N3O4S2/c1-25-21-16(23)10-5-3-7-14-27-18-12-9-13-19(20-18)28-15-8-4-6-11-17(24)22-26-2/h9,12-13H,3-8,10-11,14-15H2,1-2H3,(H,21,23)(H,22,24). The molecule has 0 unspecified atom stereocenters. The van der Waals surface area contributed by atoms with Gasteiger partial charge in [0.2, 0.25) is 11.8 Å². The van der Waals surface area contributed by atoms with Crippen molar-refractivity contribution >= 4 is 35.3 Å². The molecule has 1 aromatic heterocycles. The Hall–Kier alpha value is -1.29. The molecule has 7 nitrogen and oxygen atoms in total. The van der Waals surface area contributed by atoms with Crippen LogP contribution >= 0.6 is 23.5 Å². The molecular weight excluding hydrogens is 398 g/mol. The van der Waals surface area contributed by atoms with Crippen LogP contribution in [0.2, 0.25) is 0 Å². The molecule has 0 aromatic carbocycles. The van der Waals surface area contributed by atoms with E-state index in [9.17, 15) is 9.59 Å². The highest BCUT2D eigenvalue weighted by Crippen LogP contribution is 2.23. The van der Waals surface area contributed by atoms with Crippen LogP contribution in [0.5, 0.6) is 0 Å². The van der Waals surface area contributed by atoms with Gasteiger partial charge in [-0.05, 0) is 49.3 Å². The molecule has 0 radical (unpaired) electrons. The van der Waals surface area contributed by atoms with Gasteiger partial charge >= 0.3 is 0 Å². The van der Waals surface area contributed by atoms with E-state index < -0.39 is 0 Å². The Morgan fingerprint density at radius 1 is 0.821 bits per heavy atom. The van der Waals surface area contributed by atoms with Gasteiger partial charge in [-0.2, -0.15) is 0 Å². The Kier molecular flexibility index (Phi) is 14.7. The summed E-state index contributed by atoms with van der Waals surface area (Å²) >= 11 is 3.51. The Morgan fingerprint density at radius 2 is 1.29 bits per heavy atom. The van der Waals surface area contributed by atoms with Gasteiger partial charge < -0.3 is 0 Å². The fourth-order valence-corrected chi connectivity index (χ4v) is 4.22. The van der Waals surface area contributed by atoms with E-state index in [4.69, 9.17) is 0 Å². The van der Waals surface area contributed by atoms with E-state index in [1.165, 1.54) is 14.2 Å². The van der Waals surface area contributed by atoms with Gasteiger partial charge in [0.25, 0.3) is 0 Å². The topological polar surface area (TPSA) is 89.5 Å². The van der Waals surface area contributed by atoms with Gasteiger partial charge in [0, 0.05) is 12.8 Å². The highest BCUT2D eigenvalue weighted by atomic mass is 32.2. The zero-order valence-electron chi connectivity index (χ0n) is 16.7. The molecule has 0 saturated heterocycles. The monoisotopic (exact) mass is 429 g/mol. The minimum atomic E-state index is -0.0696. The number of hydroxylamine groups is 2. The fourth-order valence-electron chi connectivity index (χ4n) is 2.37. The number of hydrogen-bond donors (Lipinski definition) is 2. The molecule has 0 aliphatic heterocycles. The molecule has 0 bridgehead atoms. The highest BCUT2D eigenvalue weighted by Gasteiger charge is 2.03. The number of carbonyl (C=O) groups is 2. The van der Waals surface area contributed by atoms with Crippen LogP contribution in [-0.2, 0) is 19.3 Å². The summed E-state index contributed by atoms with van der Waals surface area (Å²) in [7, 11) is 2.89. The van der Waals surface area contributed by atoms with Gasteiger partial charge in [-0.25, -0.2) is 15.9 Å². The third-order valence-corrected chi connectivity index (χ3v) is 5.76. The minimum Gasteiger partial charge on any atom is -0.277 e. The number of carbonyl (C=O) groups excluding carboxylic acids is 2. The lowest BCUT2D eigenvalue weighted by atomic mass is 10.2. The van der Waals surface area contributed by atoms with E-state index in [-0.39, 0.29) is 11.8 Å². The van der Waals surface area contributed by atoms with Crippen LogP contribution in [-0.4, -0.2) is 42.5 Å². The van der Waals surface area contributed by atoms with Crippen molar-refractivity contribution < 1.29 is 19.3 Å². The quantitative estimate of drug-likeness (QED) is 0.235. The molecule has 0 saturated carbocycles. The van der Waals surface area contributed by atoms with Gasteiger partial charge in [-0.1, -0.05) is 18.9 Å². The summed E-state index contributed by atoms with van der Waals surface area (Å²) in [6.07, 6.45) is 6.88. The Labute approximate surface area is 176 Å². The molecule has 2 N–H and O–H groups in total. The van der Waals surface area contributed by atoms with Gasteiger partial charge in [0.1, 0.15) is 0 Å². The first kappa shape index (κ1) is 24.7. The molecule has 0 fully saturated rings. The van der Waals surface area contributed by atoms with Crippen LogP contribution in [0.25, 0.3) is 0 Å². The number of hydrogen-bond acceptors (Lipinski definition) is 7. The van der Waals surface area contributed by atoms with E-state index >= 15 is 0 Å². The summed E-state index contributed by atoms with van der Waals surface area (Å²) in [5, 5.41) is 2.08. The number of rotatable bonds is 16. The van der Waals surface area contributed by atoms with Crippen molar-refractivity contribution in [2.45, 2.75) is 61.4 Å². The SMILES string of the molecule is CONC(=O)CCCCCSc1cccc(SCCCCCC(=O)NOC)n1. The molecule has 1 rings (SSSR count). The van der Waals surface area contributed by atoms with E-state index in [0.29, 0.717) is 12.8 Å². The van der Waals surface area contributed by atoms with Crippen molar-refractivity contribution in [3.05, 3.63) is 18.2 Å². The minimum absolute atomic E-state index is 0.0696. The van der Waals surface area contributed by atoms with Gasteiger partial charge in [-0.3, -0.25) is 19.3 Å². The Morgan fingerprint density at radius 3 is 1.71 bits per heavy atom. The molecule has 0 aliphatic rings. The fraction of sp³-hybridized carbons (Fsp3) is 0.632. The zero-order valence-corrected chi connectivity index (χ0v) is 18.3. The van der Waals surface area contributed by atoms with Gasteiger partial charge in [0.05, 0.1) is 24.3 Å². The molecule has 2 amide bonds. The van der Waals surface area contributed by atoms with E-state index in [2.05, 4.69) is 25.6 Å². The molecule has 0 spiro atoms. The van der Waals surface area contributed by atoms with Crippen molar-refractivity contribution in [1.29, 1.82) is 0 Å². The lowest BCUT2D eigenvalue weighted by molar-refractivity contribution is -0.132. The van der Waals surface area contributed by atoms with Crippen LogP contribution in [0, 0.1) is 0 Å². The lowest BCUT2D eigenvalue weighted by Crippen LogP contribution is -2.21. The van der Waals surface area contributed by atoms with Crippen LogP contribution in [0.4, 0.5) is 0 Å². The smallest absolute Gasteiger partial charge is 0.243 e. The normalized spacial score (nSPS) is 10.6. The summed E-state index contributed by atoms with van der Waals surface area (Å²) in [5.74, 6) is 1.85. The average Bonchev–Trinajstić information content (AvgIpc) is 2.68. The van der Waals surface area contributed by atoms with Crippen LogP contribution in [0.15, 0.2) is 28.3 Å². The lowest BCUT2D eigenvalue weighted by Gasteiger charge is -2.05. The van der Waals surface area contributed by atoms with Crippen molar-refractivity contribution in [3.63, 3.8) is 0 Å². The first-order chi connectivity index (χ1) is 13.7. The maximum atomic E-state index is 11.3. The van der Waals surface area contributed by atoms with Crippen molar-refractivity contribution in [1.82, 2.24) is 15.9 Å². The maximum Gasteiger partial charge on any atom is 0.243 e. The summed E-state index contributed by atoms with van der Waals surface area (Å²) in [6.45, 7) is 0. The van der Waals surface area contributed by atoms with E-state index in [0.717, 1.165) is 60.1 Å². The Bertz CT molecular complexity index is 531. The van der Waals surface area contributed by atoms with Crippen LogP contribution in [0.1, 0.15) is 51.4 Å². The number of nitrogens with zero attached hydrogens (tertiary/aromatic N) is 1. The summed E-state index contributed by atoms with van der Waals surface area (Å²) in [5.41, 5.74) is 4.65. The molecule has 1 aromatic rings. The van der Waals surface area contributed by atoms with Crippen LogP contribution < -0.4 is 11.0 Å². The predicted octanol–water partition coefficient (Wildman–Crippen LogP) is 3.74. The molecular formula is C19H31N3O4S2. The predicted molar refractivity (Wildman–Crippen MR) is 113 cm³/mol. The maximum absolute atomic E-state index is 11.3. The number of pyridine rings is 1. The highest BCUT2D eigenvalue weighted by molar-refractivity contribution is 7.99. The molecule has 158 valence electrons. The van der Waals surface area contributed by atoms with Crippen molar-refractivity contribution in [2.75, 3.05) is 25.7 Å². The summed E-state index contributed by atoms with van der Waals surface area (Å²) in [4.78, 5) is 36.4. The van der Waals surface area contributed by atoms with Crippen molar-refractivity contribution in [2.24, 2.45) is 0 Å². The number of unbranched alkanes of at least 4 members (excludes halogenated alkanes) is 4. The van der Waals surface area contributed by atoms with Crippen LogP contribution in [0.3, 0.4) is 0 Å². The Balaban J connectivity index is 2.10. The second-order valence-corrected chi connectivity index (χ2v) is 8.32. The zero-order chi connectivity index (χ0) is 20.5. The number of amides is 2. The molecule has 0 aliphatic carbocycles. The molecule has 1 heterocycles. The third-order valence-electron chi connectivity index (χ3n) is 3.73. The summed E-state index contributed by atoms with van der Waals surface area (Å²) in [6, 6.07) is 6.12. The summed E-state index contributed by atoms with van der Waals surface area (Å²) < 4.78 is 0. The largest absolute Gasteiger partial charge is 0.277 e. The number of aromatic nitrogens is 1. The van der Waals surface area contributed by atoms with Crippen molar-refractivity contribution in [3.8, 4) is 0 Å². The number of nitrogens with one attached hydrogen (secondary N) is 2. The molecule has 9 heteroatoms. The average molecular weight is 430 g/mol. The first-order valence-electron chi connectivity index (χ1n) is 9.52. The second-order valence-electron chi connectivity index (χ2n) is 6.09. The first-order valence-corrected chi connectivity index (χ1v) is 11.5. The third kappa shape index (κ3) is 13.0. The molecule has 28 heavy (non-hydrogen) atoms. The van der Waals surface area contributed by atoms with Gasteiger partial charge in [-0.15, -0.1) is 23.5 Å². The van der Waals surface area contributed by atoms with E-state index in [1.807, 2.05) is 18.2 Å².